The number of carbonyl (C=O) groups is 1. The number of thioether (sulfide) groups is 1. The molecule has 0 radical (unpaired) electrons. The van der Waals surface area contributed by atoms with E-state index in [0.717, 1.165) is 11.4 Å². The van der Waals surface area contributed by atoms with Gasteiger partial charge in [-0.25, -0.2) is 0 Å². The summed E-state index contributed by atoms with van der Waals surface area (Å²) in [6.07, 6.45) is 1.78. The molecule has 0 aliphatic heterocycles. The molecule has 158 valence electrons. The zero-order chi connectivity index (χ0) is 21.7. The predicted molar refractivity (Wildman–Crippen MR) is 122 cm³/mol. The summed E-state index contributed by atoms with van der Waals surface area (Å²) in [4.78, 5) is 13.7. The molecular weight excluding hydrogens is 444 g/mol. The minimum atomic E-state index is -0.219. The monoisotopic (exact) mass is 464 g/mol. The van der Waals surface area contributed by atoms with E-state index in [1.165, 1.54) is 30.9 Å². The summed E-state index contributed by atoms with van der Waals surface area (Å²) < 4.78 is 12.5. The Labute approximate surface area is 188 Å². The lowest BCUT2D eigenvalue weighted by Crippen LogP contribution is -2.15. The molecule has 30 heavy (non-hydrogen) atoms. The summed E-state index contributed by atoms with van der Waals surface area (Å²) in [5, 5.41) is 14.5. The molecule has 0 saturated carbocycles. The molecule has 10 heteroatoms. The molecule has 3 rings (SSSR count). The largest absolute Gasteiger partial charge is 0.495 e. The number of methoxy groups -OCH3 is 2. The van der Waals surface area contributed by atoms with Gasteiger partial charge in [0, 0.05) is 34.5 Å². The van der Waals surface area contributed by atoms with Crippen molar-refractivity contribution >= 4 is 46.3 Å². The van der Waals surface area contributed by atoms with Crippen LogP contribution in [0.4, 0.5) is 5.69 Å². The third-order valence-electron chi connectivity index (χ3n) is 4.10. The topological polar surface area (TPSA) is 78.3 Å². The summed E-state index contributed by atoms with van der Waals surface area (Å²) in [5.74, 6) is 1.58. The molecule has 3 aromatic rings. The van der Waals surface area contributed by atoms with Crippen LogP contribution in [0, 0.1) is 6.92 Å². The van der Waals surface area contributed by atoms with Crippen molar-refractivity contribution in [3.05, 3.63) is 46.1 Å². The first kappa shape index (κ1) is 22.2. The molecular formula is C20H21ClN4O3S2. The Bertz CT molecular complexity index is 1060. The van der Waals surface area contributed by atoms with Crippen LogP contribution in [-0.4, -0.2) is 40.6 Å². The highest BCUT2D eigenvalue weighted by Crippen LogP contribution is 2.36. The van der Waals surface area contributed by atoms with Gasteiger partial charge in [0.1, 0.15) is 11.5 Å². The maximum Gasteiger partial charge on any atom is 0.234 e. The molecule has 1 aromatic carbocycles. The molecule has 7 nitrogen and oxygen atoms in total. The Hall–Kier alpha value is -2.49. The van der Waals surface area contributed by atoms with Gasteiger partial charge in [-0.15, -0.1) is 28.1 Å². The first-order valence-electron chi connectivity index (χ1n) is 8.90. The van der Waals surface area contributed by atoms with E-state index in [2.05, 4.69) is 28.2 Å². The van der Waals surface area contributed by atoms with Crippen molar-refractivity contribution in [2.24, 2.45) is 0 Å². The standard InChI is InChI=1S/C20H21ClN4O3S2/c1-5-6-25-19(13-7-12(2)29-10-13)23-24-20(25)30-11-18(26)22-15-9-16(27-3)14(21)8-17(15)28-4/h5,7-10H,1,6,11H2,2-4H3,(H,22,26). The maximum absolute atomic E-state index is 12.6. The van der Waals surface area contributed by atoms with E-state index in [1.54, 1.807) is 29.5 Å². The van der Waals surface area contributed by atoms with Crippen LogP contribution >= 0.6 is 34.7 Å². The van der Waals surface area contributed by atoms with Crippen LogP contribution in [0.25, 0.3) is 11.4 Å². The normalized spacial score (nSPS) is 10.7. The lowest BCUT2D eigenvalue weighted by atomic mass is 10.2. The maximum atomic E-state index is 12.6. The first-order chi connectivity index (χ1) is 14.5. The number of hydrogen-bond acceptors (Lipinski definition) is 7. The smallest absolute Gasteiger partial charge is 0.234 e. The Morgan fingerprint density at radius 2 is 2.07 bits per heavy atom. The fraction of sp³-hybridized carbons (Fsp3) is 0.250. The molecule has 1 N–H and O–H groups in total. The highest BCUT2D eigenvalue weighted by atomic mass is 35.5. The molecule has 0 spiro atoms. The number of ether oxygens (including phenoxy) is 2. The highest BCUT2D eigenvalue weighted by molar-refractivity contribution is 7.99. The van der Waals surface area contributed by atoms with Crippen LogP contribution in [0.1, 0.15) is 4.88 Å². The summed E-state index contributed by atoms with van der Waals surface area (Å²) >= 11 is 9.06. The summed E-state index contributed by atoms with van der Waals surface area (Å²) in [6, 6.07) is 5.29. The Morgan fingerprint density at radius 1 is 1.30 bits per heavy atom. The van der Waals surface area contributed by atoms with E-state index in [4.69, 9.17) is 21.1 Å². The second kappa shape index (κ2) is 10.0. The van der Waals surface area contributed by atoms with Gasteiger partial charge in [-0.3, -0.25) is 9.36 Å². The third kappa shape index (κ3) is 4.97. The van der Waals surface area contributed by atoms with E-state index >= 15 is 0 Å². The molecule has 0 fully saturated rings. The SMILES string of the molecule is C=CCn1c(SCC(=O)Nc2cc(OC)c(Cl)cc2OC)nnc1-c1csc(C)c1. The first-order valence-corrected chi connectivity index (χ1v) is 11.1. The van der Waals surface area contributed by atoms with Crippen LogP contribution in [0.5, 0.6) is 11.5 Å². The van der Waals surface area contributed by atoms with Crippen molar-refractivity contribution in [1.29, 1.82) is 0 Å². The third-order valence-corrected chi connectivity index (χ3v) is 6.22. The zero-order valence-electron chi connectivity index (χ0n) is 16.8. The number of amides is 1. The van der Waals surface area contributed by atoms with E-state index in [-0.39, 0.29) is 11.7 Å². The predicted octanol–water partition coefficient (Wildman–Crippen LogP) is 4.90. The Balaban J connectivity index is 1.74. The molecule has 0 aliphatic rings. The van der Waals surface area contributed by atoms with Gasteiger partial charge in [0.25, 0.3) is 0 Å². The van der Waals surface area contributed by atoms with E-state index < -0.39 is 0 Å². The molecule has 0 bridgehead atoms. The number of nitrogens with zero attached hydrogens (tertiary/aromatic N) is 3. The van der Waals surface area contributed by atoms with Crippen molar-refractivity contribution in [1.82, 2.24) is 14.8 Å². The zero-order valence-corrected chi connectivity index (χ0v) is 19.2. The molecule has 0 aliphatic carbocycles. The number of hydrogen-bond donors (Lipinski definition) is 1. The van der Waals surface area contributed by atoms with Crippen molar-refractivity contribution in [2.45, 2.75) is 18.6 Å². The lowest BCUT2D eigenvalue weighted by molar-refractivity contribution is -0.113. The Morgan fingerprint density at radius 3 is 2.70 bits per heavy atom. The summed E-state index contributed by atoms with van der Waals surface area (Å²) in [5.41, 5.74) is 1.48. The lowest BCUT2D eigenvalue weighted by Gasteiger charge is -2.13. The molecule has 0 saturated heterocycles. The van der Waals surface area contributed by atoms with Crippen molar-refractivity contribution < 1.29 is 14.3 Å². The minimum absolute atomic E-state index is 0.145. The average molecular weight is 465 g/mol. The van der Waals surface area contributed by atoms with Crippen LogP contribution < -0.4 is 14.8 Å². The van der Waals surface area contributed by atoms with Crippen molar-refractivity contribution in [3.8, 4) is 22.9 Å². The van der Waals surface area contributed by atoms with Crippen molar-refractivity contribution in [2.75, 3.05) is 25.3 Å². The molecule has 2 heterocycles. The number of anilines is 1. The van der Waals surface area contributed by atoms with Crippen LogP contribution in [0.3, 0.4) is 0 Å². The number of aromatic nitrogens is 3. The molecule has 0 unspecified atom stereocenters. The molecule has 1 amide bonds. The van der Waals surface area contributed by atoms with E-state index in [0.29, 0.717) is 33.9 Å². The summed E-state index contributed by atoms with van der Waals surface area (Å²) in [7, 11) is 3.02. The van der Waals surface area contributed by atoms with E-state index in [9.17, 15) is 4.79 Å². The number of benzene rings is 1. The highest BCUT2D eigenvalue weighted by Gasteiger charge is 2.17. The van der Waals surface area contributed by atoms with Gasteiger partial charge in [-0.2, -0.15) is 0 Å². The van der Waals surface area contributed by atoms with Crippen molar-refractivity contribution in [3.63, 3.8) is 0 Å². The number of carbonyl (C=O) groups excluding carboxylic acids is 1. The average Bonchev–Trinajstić information content (AvgIpc) is 3.33. The number of aryl methyl sites for hydroxylation is 1. The number of halogens is 1. The van der Waals surface area contributed by atoms with Crippen LogP contribution in [-0.2, 0) is 11.3 Å². The Kier molecular flexibility index (Phi) is 7.41. The fourth-order valence-corrected chi connectivity index (χ4v) is 4.40. The van der Waals surface area contributed by atoms with E-state index in [1.807, 2.05) is 16.9 Å². The van der Waals surface area contributed by atoms with Gasteiger partial charge in [0.15, 0.2) is 11.0 Å². The minimum Gasteiger partial charge on any atom is -0.495 e. The molecule has 0 atom stereocenters. The van der Waals surface area contributed by atoms with Gasteiger partial charge in [0.05, 0.1) is 30.7 Å². The quantitative estimate of drug-likeness (QED) is 0.358. The number of thiophene rings is 1. The fourth-order valence-electron chi connectivity index (χ4n) is 2.74. The van der Waals surface area contributed by atoms with Gasteiger partial charge < -0.3 is 14.8 Å². The van der Waals surface area contributed by atoms with Gasteiger partial charge in [0.2, 0.25) is 5.91 Å². The van der Waals surface area contributed by atoms with Crippen LogP contribution in [0.2, 0.25) is 5.02 Å². The summed E-state index contributed by atoms with van der Waals surface area (Å²) in [6.45, 7) is 6.40. The second-order valence-electron chi connectivity index (χ2n) is 6.18. The van der Waals surface area contributed by atoms with Gasteiger partial charge >= 0.3 is 0 Å². The van der Waals surface area contributed by atoms with Gasteiger partial charge in [-0.1, -0.05) is 29.4 Å². The number of allylic oxidation sites excluding steroid dienone is 1. The van der Waals surface area contributed by atoms with Gasteiger partial charge in [-0.05, 0) is 13.0 Å². The van der Waals surface area contributed by atoms with Crippen LogP contribution in [0.15, 0.2) is 41.4 Å². The molecule has 2 aromatic heterocycles. The number of nitrogens with one attached hydrogen (secondary N) is 1. The second-order valence-corrected chi connectivity index (χ2v) is 8.64. The number of rotatable bonds is 9.